The summed E-state index contributed by atoms with van der Waals surface area (Å²) in [4.78, 5) is 0. The molecule has 0 aliphatic carbocycles. The lowest BCUT2D eigenvalue weighted by atomic mass is 10.1. The summed E-state index contributed by atoms with van der Waals surface area (Å²) in [6.07, 6.45) is 19.5. The summed E-state index contributed by atoms with van der Waals surface area (Å²) >= 11 is 0. The molecule has 0 bridgehead atoms. The number of rotatable bonds is 17. The molecule has 0 unspecified atom stereocenters. The maximum Gasteiger partial charge on any atom is 0.278 e. The van der Waals surface area contributed by atoms with E-state index in [1.165, 1.54) is 64.2 Å². The molecule has 0 aliphatic heterocycles. The molecule has 0 saturated heterocycles. The Morgan fingerprint density at radius 2 is 1.29 bits per heavy atom. The Morgan fingerprint density at radius 1 is 0.806 bits per heavy atom. The molecule has 0 radical (unpaired) electrons. The molecule has 1 rings (SSSR count). The summed E-state index contributed by atoms with van der Waals surface area (Å²) in [5.74, 6) is 1.69. The van der Waals surface area contributed by atoms with E-state index in [1.807, 2.05) is 6.92 Å². The zero-order valence-corrected chi connectivity index (χ0v) is 23.1. The van der Waals surface area contributed by atoms with Crippen molar-refractivity contribution in [1.29, 1.82) is 0 Å². The van der Waals surface area contributed by atoms with E-state index in [1.54, 1.807) is 0 Å². The summed E-state index contributed by atoms with van der Waals surface area (Å²) in [6.45, 7) is 18.2. The fourth-order valence-electron chi connectivity index (χ4n) is 5.18. The second-order valence-corrected chi connectivity index (χ2v) is 15.8. The van der Waals surface area contributed by atoms with Crippen molar-refractivity contribution < 1.29 is 8.84 Å². The first-order valence-corrected chi connectivity index (χ1v) is 15.4. The van der Waals surface area contributed by atoms with Crippen LogP contribution in [-0.4, -0.2) is 8.32 Å². The average molecular weight is 449 g/mol. The lowest BCUT2D eigenvalue weighted by molar-refractivity contribution is 0.349. The van der Waals surface area contributed by atoms with E-state index >= 15 is 0 Å². The van der Waals surface area contributed by atoms with Crippen LogP contribution in [0.5, 0.6) is 5.95 Å². The van der Waals surface area contributed by atoms with E-state index in [4.69, 9.17) is 8.84 Å². The monoisotopic (exact) mass is 448 g/mol. The third-order valence-electron chi connectivity index (χ3n) is 6.85. The fraction of sp³-hybridized carbons (Fsp3) is 0.786. The first kappa shape index (κ1) is 28.1. The van der Waals surface area contributed by atoms with Crippen molar-refractivity contribution in [3.05, 3.63) is 23.5 Å². The van der Waals surface area contributed by atoms with E-state index in [2.05, 4.69) is 66.7 Å². The standard InChI is InChI=1S/C28H52O2Si/c1-9-10-11-12-13-14-15-16-17-18-19-20-21-27-22-26(8)29-28(27)30-31(23(2)3,24(4)5)25(6)7/h20-25H,9-19H2,1-8H3/b21-20+. The van der Waals surface area contributed by atoms with Gasteiger partial charge in [0.15, 0.2) is 0 Å². The van der Waals surface area contributed by atoms with Crippen molar-refractivity contribution in [2.45, 2.75) is 143 Å². The van der Waals surface area contributed by atoms with Crippen molar-refractivity contribution in [3.8, 4) is 5.95 Å². The van der Waals surface area contributed by atoms with Crippen LogP contribution in [0.2, 0.25) is 16.6 Å². The highest BCUT2D eigenvalue weighted by Gasteiger charge is 2.48. The Balaban J connectivity index is 2.51. The molecule has 0 amide bonds. The second-order valence-electron chi connectivity index (χ2n) is 10.4. The van der Waals surface area contributed by atoms with E-state index in [0.717, 1.165) is 23.7 Å². The van der Waals surface area contributed by atoms with Crippen LogP contribution in [0.15, 0.2) is 16.6 Å². The largest absolute Gasteiger partial charge is 0.517 e. The van der Waals surface area contributed by atoms with E-state index in [0.29, 0.717) is 16.6 Å². The second kappa shape index (κ2) is 15.0. The third-order valence-corrected chi connectivity index (χ3v) is 12.8. The van der Waals surface area contributed by atoms with Gasteiger partial charge in [-0.2, -0.15) is 0 Å². The molecular formula is C28H52O2Si. The molecule has 0 aromatic carbocycles. The Hall–Kier alpha value is -0.963. The van der Waals surface area contributed by atoms with Crippen LogP contribution in [0, 0.1) is 6.92 Å². The maximum absolute atomic E-state index is 6.82. The SMILES string of the molecule is CCCCCCCCCCCC/C=C/c1cc(C)oc1O[Si](C(C)C)(C(C)C)C(C)C. The van der Waals surface area contributed by atoms with Gasteiger partial charge in [0.25, 0.3) is 14.3 Å². The Morgan fingerprint density at radius 3 is 1.77 bits per heavy atom. The van der Waals surface area contributed by atoms with Crippen molar-refractivity contribution >= 4 is 14.4 Å². The average Bonchev–Trinajstić information content (AvgIpc) is 3.05. The zero-order chi connectivity index (χ0) is 23.3. The lowest BCUT2D eigenvalue weighted by Crippen LogP contribution is -2.50. The molecule has 1 heterocycles. The molecule has 3 heteroatoms. The number of allylic oxidation sites excluding steroid dienone is 1. The van der Waals surface area contributed by atoms with Crippen LogP contribution in [0.1, 0.15) is 130 Å². The molecule has 2 nitrogen and oxygen atoms in total. The molecule has 0 N–H and O–H groups in total. The van der Waals surface area contributed by atoms with Crippen LogP contribution in [0.4, 0.5) is 0 Å². The van der Waals surface area contributed by atoms with E-state index in [-0.39, 0.29) is 0 Å². The van der Waals surface area contributed by atoms with Crippen LogP contribution in [0.25, 0.3) is 6.08 Å². The molecule has 180 valence electrons. The summed E-state index contributed by atoms with van der Waals surface area (Å²) < 4.78 is 12.9. The number of hydrogen-bond acceptors (Lipinski definition) is 2. The Bertz CT molecular complexity index is 591. The van der Waals surface area contributed by atoms with Crippen molar-refractivity contribution in [3.63, 3.8) is 0 Å². The normalized spacial score (nSPS) is 12.7. The van der Waals surface area contributed by atoms with Crippen LogP contribution < -0.4 is 4.43 Å². The Kier molecular flexibility index (Phi) is 13.6. The van der Waals surface area contributed by atoms with E-state index in [9.17, 15) is 0 Å². The smallest absolute Gasteiger partial charge is 0.278 e. The van der Waals surface area contributed by atoms with Gasteiger partial charge >= 0.3 is 0 Å². The van der Waals surface area contributed by atoms with Crippen LogP contribution >= 0.6 is 0 Å². The number of unbranched alkanes of at least 4 members (excludes halogenated alkanes) is 10. The molecular weight excluding hydrogens is 396 g/mol. The fourth-order valence-corrected chi connectivity index (χ4v) is 10.4. The minimum absolute atomic E-state index is 0.543. The minimum atomic E-state index is -2.00. The molecule has 31 heavy (non-hydrogen) atoms. The summed E-state index contributed by atoms with van der Waals surface area (Å²) in [7, 11) is -2.00. The highest BCUT2D eigenvalue weighted by molar-refractivity contribution is 6.78. The topological polar surface area (TPSA) is 22.4 Å². The minimum Gasteiger partial charge on any atom is -0.517 e. The molecule has 0 atom stereocenters. The third kappa shape index (κ3) is 9.20. The molecule has 0 spiro atoms. The van der Waals surface area contributed by atoms with Crippen LogP contribution in [0.3, 0.4) is 0 Å². The summed E-state index contributed by atoms with van der Waals surface area (Å²) in [5.41, 5.74) is 2.74. The first-order chi connectivity index (χ1) is 14.8. The predicted molar refractivity (Wildman–Crippen MR) is 141 cm³/mol. The van der Waals surface area contributed by atoms with Gasteiger partial charge < -0.3 is 8.84 Å². The molecule has 0 saturated carbocycles. The quantitative estimate of drug-likeness (QED) is 0.175. The van der Waals surface area contributed by atoms with Crippen LogP contribution in [-0.2, 0) is 0 Å². The van der Waals surface area contributed by atoms with Gasteiger partial charge in [0.05, 0.1) is 5.56 Å². The summed E-state index contributed by atoms with van der Waals surface area (Å²) in [5, 5.41) is 0. The van der Waals surface area contributed by atoms with Crippen molar-refractivity contribution in [2.24, 2.45) is 0 Å². The zero-order valence-electron chi connectivity index (χ0n) is 22.1. The molecule has 0 fully saturated rings. The van der Waals surface area contributed by atoms with Crippen molar-refractivity contribution in [1.82, 2.24) is 0 Å². The predicted octanol–water partition coefficient (Wildman–Crippen LogP) is 10.5. The Labute approximate surface area is 195 Å². The van der Waals surface area contributed by atoms with Gasteiger partial charge in [-0.3, -0.25) is 0 Å². The summed E-state index contributed by atoms with van der Waals surface area (Å²) in [6, 6.07) is 2.13. The maximum atomic E-state index is 6.82. The lowest BCUT2D eigenvalue weighted by Gasteiger charge is -2.41. The van der Waals surface area contributed by atoms with Gasteiger partial charge in [-0.25, -0.2) is 0 Å². The highest BCUT2D eigenvalue weighted by atomic mass is 28.4. The number of furan rings is 1. The molecule has 0 aliphatic rings. The van der Waals surface area contributed by atoms with Gasteiger partial charge in [-0.05, 0) is 42.5 Å². The van der Waals surface area contributed by atoms with Crippen molar-refractivity contribution in [2.75, 3.05) is 0 Å². The first-order valence-electron chi connectivity index (χ1n) is 13.2. The van der Waals surface area contributed by atoms with Gasteiger partial charge in [0.2, 0.25) is 0 Å². The van der Waals surface area contributed by atoms with Gasteiger partial charge in [0.1, 0.15) is 5.76 Å². The van der Waals surface area contributed by atoms with E-state index < -0.39 is 8.32 Å². The highest BCUT2D eigenvalue weighted by Crippen LogP contribution is 2.44. The van der Waals surface area contributed by atoms with Gasteiger partial charge in [-0.1, -0.05) is 118 Å². The van der Waals surface area contributed by atoms with Gasteiger partial charge in [-0.15, -0.1) is 0 Å². The number of aryl methyl sites for hydroxylation is 1. The number of hydrogen-bond donors (Lipinski definition) is 0. The molecule has 1 aromatic heterocycles. The molecule has 1 aromatic rings. The van der Waals surface area contributed by atoms with Gasteiger partial charge in [0, 0.05) is 0 Å².